The first-order chi connectivity index (χ1) is 17.9. The van der Waals surface area contributed by atoms with Crippen LogP contribution < -0.4 is 4.74 Å². The van der Waals surface area contributed by atoms with Crippen molar-refractivity contribution < 1.29 is 4.74 Å². The molecule has 0 saturated heterocycles. The van der Waals surface area contributed by atoms with Crippen LogP contribution in [0.5, 0.6) is 5.75 Å². The maximum absolute atomic E-state index is 6.06. The van der Waals surface area contributed by atoms with Crippen molar-refractivity contribution >= 4 is 0 Å². The third-order valence-electron chi connectivity index (χ3n) is 7.73. The van der Waals surface area contributed by atoms with E-state index in [9.17, 15) is 0 Å². The van der Waals surface area contributed by atoms with E-state index in [1.54, 1.807) is 0 Å². The Balaban J connectivity index is 1.89. The standard InChI is InChI=1S/C35H64O/c1-3-5-7-9-11-13-15-17-18-20-22-24-26-29-34-30-28-31-35(33-34)36-32-27-25-23-21-19-16-14-12-10-8-6-4-2/h28,30-31,33H,3-27,29,32H2,1-2H3. The molecule has 0 amide bonds. The Hall–Kier alpha value is -0.980. The minimum absolute atomic E-state index is 0.875. The van der Waals surface area contributed by atoms with E-state index in [1.807, 2.05) is 0 Å². The first-order valence-corrected chi connectivity index (χ1v) is 16.6. The van der Waals surface area contributed by atoms with Gasteiger partial charge in [-0.2, -0.15) is 0 Å². The molecule has 210 valence electrons. The van der Waals surface area contributed by atoms with Crippen molar-refractivity contribution in [2.24, 2.45) is 0 Å². The lowest BCUT2D eigenvalue weighted by molar-refractivity contribution is 0.304. The maximum atomic E-state index is 6.06. The number of ether oxygens (including phenoxy) is 1. The molecule has 0 saturated carbocycles. The highest BCUT2D eigenvalue weighted by molar-refractivity contribution is 5.28. The van der Waals surface area contributed by atoms with Crippen molar-refractivity contribution in [2.75, 3.05) is 6.61 Å². The molecule has 36 heavy (non-hydrogen) atoms. The molecule has 0 aliphatic rings. The number of rotatable bonds is 28. The van der Waals surface area contributed by atoms with Crippen LogP contribution in [0.25, 0.3) is 0 Å². The Morgan fingerprint density at radius 2 is 0.833 bits per heavy atom. The zero-order valence-electron chi connectivity index (χ0n) is 24.8. The molecule has 1 aromatic carbocycles. The van der Waals surface area contributed by atoms with E-state index >= 15 is 0 Å². The fourth-order valence-corrected chi connectivity index (χ4v) is 5.27. The van der Waals surface area contributed by atoms with E-state index in [2.05, 4.69) is 38.1 Å². The SMILES string of the molecule is CCCCCCCCCCCCCCCc1cccc(OCCCCCCCCCCCCCC)c1. The van der Waals surface area contributed by atoms with Crippen molar-refractivity contribution in [3.63, 3.8) is 0 Å². The van der Waals surface area contributed by atoms with Crippen LogP contribution in [0.4, 0.5) is 0 Å². The highest BCUT2D eigenvalue weighted by Gasteiger charge is 2.00. The van der Waals surface area contributed by atoms with E-state index in [0.29, 0.717) is 0 Å². The van der Waals surface area contributed by atoms with Crippen LogP contribution in [0.15, 0.2) is 24.3 Å². The molecule has 0 radical (unpaired) electrons. The molecule has 1 nitrogen and oxygen atoms in total. The van der Waals surface area contributed by atoms with Crippen molar-refractivity contribution in [3.05, 3.63) is 29.8 Å². The molecule has 0 spiro atoms. The van der Waals surface area contributed by atoms with Crippen LogP contribution in [0.1, 0.15) is 180 Å². The molecule has 0 fully saturated rings. The monoisotopic (exact) mass is 500 g/mol. The molecule has 0 atom stereocenters. The summed E-state index contributed by atoms with van der Waals surface area (Å²) in [5, 5.41) is 0. The van der Waals surface area contributed by atoms with Gasteiger partial charge in [0.15, 0.2) is 0 Å². The van der Waals surface area contributed by atoms with Gasteiger partial charge < -0.3 is 4.74 Å². The van der Waals surface area contributed by atoms with Crippen molar-refractivity contribution in [1.29, 1.82) is 0 Å². The van der Waals surface area contributed by atoms with Gasteiger partial charge in [0.1, 0.15) is 5.75 Å². The molecule has 0 heterocycles. The number of hydrogen-bond donors (Lipinski definition) is 0. The normalized spacial score (nSPS) is 11.3. The summed E-state index contributed by atoms with van der Waals surface area (Å²) in [5.41, 5.74) is 1.45. The van der Waals surface area contributed by atoms with Crippen LogP contribution in [0.2, 0.25) is 0 Å². The first-order valence-electron chi connectivity index (χ1n) is 16.6. The van der Waals surface area contributed by atoms with E-state index in [1.165, 1.54) is 173 Å². The third-order valence-corrected chi connectivity index (χ3v) is 7.73. The van der Waals surface area contributed by atoms with Gasteiger partial charge in [-0.15, -0.1) is 0 Å². The van der Waals surface area contributed by atoms with Crippen LogP contribution in [0.3, 0.4) is 0 Å². The number of aryl methyl sites for hydroxylation is 1. The topological polar surface area (TPSA) is 9.23 Å². The zero-order chi connectivity index (χ0) is 25.8. The second kappa shape index (κ2) is 27.1. The van der Waals surface area contributed by atoms with Crippen LogP contribution in [-0.2, 0) is 6.42 Å². The first kappa shape index (κ1) is 33.0. The predicted molar refractivity (Wildman–Crippen MR) is 162 cm³/mol. The Morgan fingerprint density at radius 1 is 0.444 bits per heavy atom. The number of unbranched alkanes of at least 4 members (excludes halogenated alkanes) is 23. The Kier molecular flexibility index (Phi) is 24.8. The summed E-state index contributed by atoms with van der Waals surface area (Å²) in [7, 11) is 0. The molecule has 1 rings (SSSR count). The largest absolute Gasteiger partial charge is 0.494 e. The van der Waals surface area contributed by atoms with Crippen molar-refractivity contribution in [3.8, 4) is 5.75 Å². The van der Waals surface area contributed by atoms with Gasteiger partial charge >= 0.3 is 0 Å². The maximum Gasteiger partial charge on any atom is 0.119 e. The van der Waals surface area contributed by atoms with Gasteiger partial charge in [0, 0.05) is 0 Å². The molecule has 0 aliphatic heterocycles. The lowest BCUT2D eigenvalue weighted by Crippen LogP contribution is -1.98. The summed E-state index contributed by atoms with van der Waals surface area (Å²) >= 11 is 0. The molecule has 0 unspecified atom stereocenters. The van der Waals surface area contributed by atoms with Gasteiger partial charge in [-0.1, -0.05) is 174 Å². The average molecular weight is 501 g/mol. The molecule has 1 aromatic rings. The predicted octanol–water partition coefficient (Wildman–Crippen LogP) is 12.4. The van der Waals surface area contributed by atoms with Gasteiger partial charge in [-0.25, -0.2) is 0 Å². The lowest BCUT2D eigenvalue weighted by atomic mass is 10.0. The highest BCUT2D eigenvalue weighted by atomic mass is 16.5. The van der Waals surface area contributed by atoms with Gasteiger partial charge in [-0.3, -0.25) is 0 Å². The lowest BCUT2D eigenvalue weighted by Gasteiger charge is -2.08. The molecular formula is C35H64O. The molecular weight excluding hydrogens is 436 g/mol. The third kappa shape index (κ3) is 22.2. The van der Waals surface area contributed by atoms with Crippen LogP contribution >= 0.6 is 0 Å². The molecule has 0 aromatic heterocycles. The molecule has 1 heteroatoms. The molecule has 0 bridgehead atoms. The highest BCUT2D eigenvalue weighted by Crippen LogP contribution is 2.18. The van der Waals surface area contributed by atoms with Crippen molar-refractivity contribution in [1.82, 2.24) is 0 Å². The molecule has 0 aliphatic carbocycles. The van der Waals surface area contributed by atoms with E-state index in [-0.39, 0.29) is 0 Å². The summed E-state index contributed by atoms with van der Waals surface area (Å²) in [4.78, 5) is 0. The van der Waals surface area contributed by atoms with E-state index in [4.69, 9.17) is 4.74 Å². The van der Waals surface area contributed by atoms with Gasteiger partial charge in [0.05, 0.1) is 6.61 Å². The minimum atomic E-state index is 0.875. The Bertz CT molecular complexity index is 506. The second-order valence-electron chi connectivity index (χ2n) is 11.4. The average Bonchev–Trinajstić information content (AvgIpc) is 2.90. The minimum Gasteiger partial charge on any atom is -0.494 e. The fourth-order valence-electron chi connectivity index (χ4n) is 5.27. The van der Waals surface area contributed by atoms with E-state index in [0.717, 1.165) is 12.4 Å². The number of hydrogen-bond acceptors (Lipinski definition) is 1. The van der Waals surface area contributed by atoms with Crippen molar-refractivity contribution in [2.45, 2.75) is 181 Å². The van der Waals surface area contributed by atoms with Crippen LogP contribution in [-0.4, -0.2) is 6.61 Å². The fraction of sp³-hybridized carbons (Fsp3) is 0.829. The zero-order valence-corrected chi connectivity index (χ0v) is 24.8. The summed E-state index contributed by atoms with van der Waals surface area (Å²) in [5.74, 6) is 1.07. The quantitative estimate of drug-likeness (QED) is 0.104. The van der Waals surface area contributed by atoms with Gasteiger partial charge in [0.2, 0.25) is 0 Å². The summed E-state index contributed by atoms with van der Waals surface area (Å²) < 4.78 is 6.06. The van der Waals surface area contributed by atoms with Gasteiger partial charge in [0.25, 0.3) is 0 Å². The number of benzene rings is 1. The van der Waals surface area contributed by atoms with Gasteiger partial charge in [-0.05, 0) is 37.0 Å². The summed E-state index contributed by atoms with van der Waals surface area (Å²) in [6.45, 7) is 5.47. The smallest absolute Gasteiger partial charge is 0.119 e. The summed E-state index contributed by atoms with van der Waals surface area (Å²) in [6.07, 6.45) is 36.4. The Morgan fingerprint density at radius 3 is 1.28 bits per heavy atom. The molecule has 0 N–H and O–H groups in total. The summed E-state index contributed by atoms with van der Waals surface area (Å²) in [6, 6.07) is 8.86. The van der Waals surface area contributed by atoms with Crippen LogP contribution in [0, 0.1) is 0 Å². The second-order valence-corrected chi connectivity index (χ2v) is 11.4. The Labute approximate surface area is 227 Å². The van der Waals surface area contributed by atoms with E-state index < -0.39 is 0 Å².